The predicted octanol–water partition coefficient (Wildman–Crippen LogP) is 2.68. The number of phenolic OH excluding ortho intramolecular Hbond substituents is 1. The van der Waals surface area contributed by atoms with Gasteiger partial charge in [0.2, 0.25) is 5.69 Å². The molecule has 2 aliphatic rings. The van der Waals surface area contributed by atoms with Gasteiger partial charge in [0, 0.05) is 18.2 Å². The number of aromatic hydroxyl groups is 1. The van der Waals surface area contributed by atoms with E-state index in [1.54, 1.807) is 0 Å². The van der Waals surface area contributed by atoms with Gasteiger partial charge in [0.25, 0.3) is 5.84 Å². The van der Waals surface area contributed by atoms with Crippen molar-refractivity contribution >= 4 is 23.6 Å². The van der Waals surface area contributed by atoms with E-state index in [-0.39, 0.29) is 5.84 Å². The Kier molecular flexibility index (Phi) is 2.70. The molecule has 1 unspecified atom stereocenters. The van der Waals surface area contributed by atoms with Crippen LogP contribution in [0.3, 0.4) is 0 Å². The molecule has 0 aliphatic carbocycles. The minimum Gasteiger partial charge on any atom is -0.508 e. The highest BCUT2D eigenvalue weighted by molar-refractivity contribution is 6.23. The summed E-state index contributed by atoms with van der Waals surface area (Å²) in [6.45, 7) is 0. The van der Waals surface area contributed by atoms with Crippen LogP contribution in [0.5, 0.6) is 5.75 Å². The van der Waals surface area contributed by atoms with E-state index in [9.17, 15) is 22.7 Å². The molecule has 0 spiro atoms. The Morgan fingerprint density at radius 1 is 1.14 bits per heavy atom. The molecule has 1 aromatic carbocycles. The third-order valence-corrected chi connectivity index (χ3v) is 2.99. The maximum absolute atomic E-state index is 14.1. The van der Waals surface area contributed by atoms with E-state index in [1.165, 1.54) is 12.2 Å². The lowest BCUT2D eigenvalue weighted by Crippen LogP contribution is -2.57. The van der Waals surface area contributed by atoms with Crippen molar-refractivity contribution in [2.45, 2.75) is 6.18 Å². The van der Waals surface area contributed by atoms with Crippen LogP contribution in [0.15, 0.2) is 45.7 Å². The Morgan fingerprint density at radius 3 is 2.57 bits per heavy atom. The number of nitrogens with zero attached hydrogens (tertiary/aromatic N) is 4. The second-order valence-electron chi connectivity index (χ2n) is 4.27. The maximum Gasteiger partial charge on any atom is 0.492 e. The van der Waals surface area contributed by atoms with E-state index in [1.807, 2.05) is 0 Å². The number of alkyl halides is 3. The molecule has 21 heavy (non-hydrogen) atoms. The number of hydrogen-bond acceptors (Lipinski definition) is 4. The van der Waals surface area contributed by atoms with Crippen LogP contribution in [0.2, 0.25) is 0 Å². The van der Waals surface area contributed by atoms with E-state index in [0.717, 1.165) is 18.3 Å². The van der Waals surface area contributed by atoms with Gasteiger partial charge in [-0.25, -0.2) is 4.39 Å². The number of phenols is 1. The molecule has 0 radical (unpaired) electrons. The van der Waals surface area contributed by atoms with Crippen molar-refractivity contribution in [3.8, 4) is 5.75 Å². The zero-order valence-corrected chi connectivity index (χ0v) is 10.2. The molecule has 3 rings (SSSR count). The fourth-order valence-electron chi connectivity index (χ4n) is 2.16. The van der Waals surface area contributed by atoms with Crippen LogP contribution in [0.25, 0.3) is 0 Å². The Balaban J connectivity index is 2.27. The highest BCUT2D eigenvalue weighted by Gasteiger charge is 2.61. The number of amidine groups is 2. The highest BCUT2D eigenvalue weighted by Crippen LogP contribution is 2.39. The summed E-state index contributed by atoms with van der Waals surface area (Å²) < 4.78 is 52.3. The van der Waals surface area contributed by atoms with Crippen LogP contribution in [-0.2, 0) is 0 Å². The molecule has 0 bridgehead atoms. The summed E-state index contributed by atoms with van der Waals surface area (Å²) in [4.78, 5) is 0. The largest absolute Gasteiger partial charge is 0.508 e. The lowest BCUT2D eigenvalue weighted by molar-refractivity contribution is -0.0653. The molecule has 0 saturated carbocycles. The minimum absolute atomic E-state index is 0.186. The van der Waals surface area contributed by atoms with Crippen LogP contribution in [0.4, 0.5) is 23.2 Å². The number of rotatable bonds is 1. The van der Waals surface area contributed by atoms with Gasteiger partial charge in [-0.05, 0) is 12.1 Å². The third-order valence-electron chi connectivity index (χ3n) is 2.99. The molecular formula is C12H7F4N4O+. The second-order valence-corrected chi connectivity index (χ2v) is 4.27. The van der Waals surface area contributed by atoms with Crippen molar-refractivity contribution < 1.29 is 22.7 Å². The van der Waals surface area contributed by atoms with Gasteiger partial charge >= 0.3 is 12.0 Å². The van der Waals surface area contributed by atoms with Crippen LogP contribution in [-0.4, -0.2) is 29.2 Å². The lowest BCUT2D eigenvalue weighted by atomic mass is 10.2. The van der Waals surface area contributed by atoms with Gasteiger partial charge < -0.3 is 5.11 Å². The first-order valence-corrected chi connectivity index (χ1v) is 5.70. The summed E-state index contributed by atoms with van der Waals surface area (Å²) in [5.41, 5.74) is -0.430. The molecule has 0 aromatic heterocycles. The monoisotopic (exact) mass is 299 g/mol. The van der Waals surface area contributed by atoms with Gasteiger partial charge in [0.1, 0.15) is 5.75 Å². The van der Waals surface area contributed by atoms with E-state index >= 15 is 0 Å². The van der Waals surface area contributed by atoms with E-state index in [4.69, 9.17) is 0 Å². The minimum atomic E-state index is -4.85. The van der Waals surface area contributed by atoms with Crippen LogP contribution < -0.4 is 4.59 Å². The van der Waals surface area contributed by atoms with Gasteiger partial charge in [-0.3, -0.25) is 0 Å². The number of halogens is 4. The van der Waals surface area contributed by atoms with Crippen molar-refractivity contribution in [1.82, 2.24) is 4.59 Å². The average Bonchev–Trinajstić information content (AvgIpc) is 2.78. The summed E-state index contributed by atoms with van der Waals surface area (Å²) in [7, 11) is 0. The Hall–Kier alpha value is -2.55. The zero-order chi connectivity index (χ0) is 15.3. The van der Waals surface area contributed by atoms with Crippen LogP contribution in [0, 0.1) is 5.82 Å². The topological polar surface area (TPSA) is 57.3 Å². The number of allylic oxidation sites excluding steroid dienone is 1. The number of fused-ring (bicyclic) bond motifs is 1. The first kappa shape index (κ1) is 13.4. The molecule has 2 heterocycles. The van der Waals surface area contributed by atoms with Crippen LogP contribution in [0.1, 0.15) is 0 Å². The van der Waals surface area contributed by atoms with E-state index in [2.05, 4.69) is 15.3 Å². The summed E-state index contributed by atoms with van der Waals surface area (Å²) in [5.74, 6) is -3.01. The normalized spacial score (nSPS) is 23.8. The van der Waals surface area contributed by atoms with Gasteiger partial charge in [0.15, 0.2) is 5.82 Å². The Morgan fingerprint density at radius 2 is 1.90 bits per heavy atom. The molecule has 1 N–H and O–H groups in total. The summed E-state index contributed by atoms with van der Waals surface area (Å²) >= 11 is 0. The van der Waals surface area contributed by atoms with Crippen LogP contribution >= 0.6 is 0 Å². The Bertz CT molecular complexity index is 735. The molecule has 1 aromatic rings. The van der Waals surface area contributed by atoms with E-state index in [0.29, 0.717) is 6.07 Å². The fraction of sp³-hybridized carbons (Fsp3) is 0.0833. The maximum atomic E-state index is 14.1. The molecule has 2 aliphatic heterocycles. The van der Waals surface area contributed by atoms with Gasteiger partial charge in [-0.15, -0.1) is 0 Å². The quantitative estimate of drug-likeness (QED) is 0.629. The first-order chi connectivity index (χ1) is 9.85. The van der Waals surface area contributed by atoms with Crippen molar-refractivity contribution in [3.05, 3.63) is 36.2 Å². The number of benzene rings is 1. The smallest absolute Gasteiger partial charge is 0.492 e. The second kappa shape index (κ2) is 4.22. The third kappa shape index (κ3) is 1.85. The molecule has 108 valence electrons. The van der Waals surface area contributed by atoms with Gasteiger partial charge in [0.05, 0.1) is 6.21 Å². The van der Waals surface area contributed by atoms with Gasteiger partial charge in [-0.2, -0.15) is 13.2 Å². The molecule has 0 saturated heterocycles. The van der Waals surface area contributed by atoms with Crippen molar-refractivity contribution in [2.24, 2.45) is 15.3 Å². The van der Waals surface area contributed by atoms with Gasteiger partial charge in [-0.1, -0.05) is 19.9 Å². The average molecular weight is 299 g/mol. The fourth-order valence-corrected chi connectivity index (χ4v) is 2.16. The molecule has 0 amide bonds. The molecule has 0 fully saturated rings. The molecular weight excluding hydrogens is 292 g/mol. The zero-order valence-electron chi connectivity index (χ0n) is 10.2. The number of hydrogen-bond donors (Lipinski definition) is 1. The first-order valence-electron chi connectivity index (χ1n) is 5.70. The lowest BCUT2D eigenvalue weighted by Gasteiger charge is -2.28. The number of quaternary nitrogens is 1. The van der Waals surface area contributed by atoms with Crippen molar-refractivity contribution in [1.29, 1.82) is 0 Å². The Labute approximate surface area is 115 Å². The van der Waals surface area contributed by atoms with Crippen molar-refractivity contribution in [3.63, 3.8) is 0 Å². The van der Waals surface area contributed by atoms with Crippen molar-refractivity contribution in [2.75, 3.05) is 0 Å². The molecule has 5 nitrogen and oxygen atoms in total. The molecule has 9 heteroatoms. The van der Waals surface area contributed by atoms with E-state index < -0.39 is 33.9 Å². The molecule has 1 atom stereocenters. The summed E-state index contributed by atoms with van der Waals surface area (Å²) in [6, 6.07) is 2.80. The SMILES string of the molecule is Oc1ccc([N+]23N=CC=CC2=NN=C3C(F)(F)F)c(F)c1. The standard InChI is InChI=1S/C12H6F4N4O/c13-8-6-7(21)3-4-9(8)20-10(2-1-5-17-20)18-19-11(20)12(14,15)16/h1-6H/p+1. The predicted molar refractivity (Wildman–Crippen MR) is 68.4 cm³/mol. The highest BCUT2D eigenvalue weighted by atomic mass is 19.4. The summed E-state index contributed by atoms with van der Waals surface area (Å²) in [6.07, 6.45) is -1.10. The summed E-state index contributed by atoms with van der Waals surface area (Å²) in [5, 5.41) is 19.5.